The van der Waals surface area contributed by atoms with Crippen LogP contribution in [-0.4, -0.2) is 61.4 Å². The molecule has 12 heteroatoms. The van der Waals surface area contributed by atoms with E-state index in [1.165, 1.54) is 24.3 Å². The van der Waals surface area contributed by atoms with E-state index in [1.54, 1.807) is 36.4 Å². The number of benzene rings is 3. The fraction of sp³-hybridized carbons (Fsp3) is 0.341. The Balaban J connectivity index is 1.40. The first kappa shape index (κ1) is 41.5. The fourth-order valence-corrected chi connectivity index (χ4v) is 4.87. The van der Waals surface area contributed by atoms with Crippen molar-refractivity contribution in [2.24, 2.45) is 0 Å². The van der Waals surface area contributed by atoms with Crippen molar-refractivity contribution >= 4 is 29.8 Å². The largest absolute Gasteiger partial charge is 0.494 e. The summed E-state index contributed by atoms with van der Waals surface area (Å²) in [5.41, 5.74) is -0.709. The number of carboxylic acids is 1. The van der Waals surface area contributed by atoms with Crippen LogP contribution in [0.15, 0.2) is 92.0 Å². The van der Waals surface area contributed by atoms with Crippen LogP contribution in [0.25, 0.3) is 0 Å². The van der Waals surface area contributed by atoms with Gasteiger partial charge in [0.15, 0.2) is 0 Å². The first-order valence-electron chi connectivity index (χ1n) is 17.6. The highest BCUT2D eigenvalue weighted by Gasteiger charge is 2.22. The van der Waals surface area contributed by atoms with Crippen LogP contribution in [0.2, 0.25) is 0 Å². The minimum absolute atomic E-state index is 0.0614. The molecule has 0 aliphatic rings. The van der Waals surface area contributed by atoms with E-state index >= 15 is 0 Å². The molecule has 3 rings (SSSR count). The molecule has 282 valence electrons. The van der Waals surface area contributed by atoms with Crippen molar-refractivity contribution in [2.45, 2.75) is 64.2 Å². The molecule has 53 heavy (non-hydrogen) atoms. The van der Waals surface area contributed by atoms with Crippen LogP contribution in [0, 0.1) is 0 Å². The topological polar surface area (TPSA) is 161 Å². The molecule has 0 bridgehead atoms. The van der Waals surface area contributed by atoms with Crippen molar-refractivity contribution in [1.82, 2.24) is 0 Å². The Labute approximate surface area is 309 Å². The number of carbonyl (C=O) groups excluding carboxylic acids is 4. The molecule has 3 aromatic rings. The summed E-state index contributed by atoms with van der Waals surface area (Å²) in [7, 11) is 0. The molecule has 0 heterocycles. The molecule has 0 aliphatic carbocycles. The number of rotatable bonds is 25. The lowest BCUT2D eigenvalue weighted by Crippen LogP contribution is -2.16. The Bertz CT molecular complexity index is 1660. The van der Waals surface area contributed by atoms with Gasteiger partial charge in [0.2, 0.25) is 0 Å². The number of aromatic carboxylic acids is 1. The highest BCUT2D eigenvalue weighted by Crippen LogP contribution is 2.23. The summed E-state index contributed by atoms with van der Waals surface area (Å²) in [6.07, 6.45) is 11.4. The van der Waals surface area contributed by atoms with Crippen LogP contribution < -0.4 is 18.9 Å². The molecule has 0 atom stereocenters. The lowest BCUT2D eigenvalue weighted by Gasteiger charge is -2.11. The van der Waals surface area contributed by atoms with Crippen molar-refractivity contribution in [2.75, 3.05) is 26.4 Å². The molecular weight excluding hydrogens is 684 g/mol. The van der Waals surface area contributed by atoms with E-state index in [0.29, 0.717) is 37.9 Å². The van der Waals surface area contributed by atoms with Gasteiger partial charge in [0.25, 0.3) is 0 Å². The van der Waals surface area contributed by atoms with Gasteiger partial charge in [-0.25, -0.2) is 24.0 Å². The van der Waals surface area contributed by atoms with Crippen LogP contribution in [-0.2, 0) is 19.1 Å². The average Bonchev–Trinajstić information content (AvgIpc) is 3.17. The molecule has 0 aliphatic heterocycles. The zero-order chi connectivity index (χ0) is 38.3. The van der Waals surface area contributed by atoms with E-state index in [-0.39, 0.29) is 22.6 Å². The monoisotopic (exact) mass is 730 g/mol. The van der Waals surface area contributed by atoms with Gasteiger partial charge in [-0.1, -0.05) is 51.7 Å². The molecule has 0 aromatic heterocycles. The molecular formula is C41H46O12. The van der Waals surface area contributed by atoms with Gasteiger partial charge >= 0.3 is 29.8 Å². The molecule has 0 fully saturated rings. The minimum Gasteiger partial charge on any atom is -0.494 e. The molecule has 12 nitrogen and oxygen atoms in total. The lowest BCUT2D eigenvalue weighted by atomic mass is 10.0. The predicted octanol–water partition coefficient (Wildman–Crippen LogP) is 7.94. The normalized spacial score (nSPS) is 10.4. The number of carbonyl (C=O) groups is 5. The quantitative estimate of drug-likeness (QED) is 0.0388. The van der Waals surface area contributed by atoms with Crippen LogP contribution in [0.4, 0.5) is 0 Å². The summed E-state index contributed by atoms with van der Waals surface area (Å²) < 4.78 is 32.2. The molecule has 1 N–H and O–H groups in total. The molecule has 0 unspecified atom stereocenters. The lowest BCUT2D eigenvalue weighted by molar-refractivity contribution is -0.138. The van der Waals surface area contributed by atoms with Gasteiger partial charge in [0.1, 0.15) is 23.0 Å². The Morgan fingerprint density at radius 3 is 1.32 bits per heavy atom. The second-order valence-electron chi connectivity index (χ2n) is 11.8. The third kappa shape index (κ3) is 15.9. The minimum atomic E-state index is -1.41. The number of carboxylic acid groups (broad SMARTS) is 1. The first-order valence-corrected chi connectivity index (χ1v) is 17.6. The first-order chi connectivity index (χ1) is 25.7. The average molecular weight is 731 g/mol. The second-order valence-corrected chi connectivity index (χ2v) is 11.8. The molecule has 0 saturated carbocycles. The third-order valence-electron chi connectivity index (χ3n) is 7.71. The van der Waals surface area contributed by atoms with Crippen molar-refractivity contribution in [3.8, 4) is 23.0 Å². The maximum Gasteiger partial charge on any atom is 0.344 e. The zero-order valence-electron chi connectivity index (χ0n) is 29.8. The number of esters is 4. The Morgan fingerprint density at radius 1 is 0.491 bits per heavy atom. The molecule has 0 spiro atoms. The van der Waals surface area contributed by atoms with Crippen LogP contribution in [0.5, 0.6) is 23.0 Å². The molecule has 0 radical (unpaired) electrons. The fourth-order valence-electron chi connectivity index (χ4n) is 4.87. The maximum absolute atomic E-state index is 12.9. The van der Waals surface area contributed by atoms with Crippen molar-refractivity contribution < 1.29 is 57.5 Å². The summed E-state index contributed by atoms with van der Waals surface area (Å²) in [6, 6.07) is 16.4. The highest BCUT2D eigenvalue weighted by molar-refractivity contribution is 6.05. The summed E-state index contributed by atoms with van der Waals surface area (Å²) in [5, 5.41) is 9.80. The van der Waals surface area contributed by atoms with Crippen LogP contribution in [0.3, 0.4) is 0 Å². The third-order valence-corrected chi connectivity index (χ3v) is 7.71. The second kappa shape index (κ2) is 23.5. The van der Waals surface area contributed by atoms with Gasteiger partial charge < -0.3 is 33.5 Å². The summed E-state index contributed by atoms with van der Waals surface area (Å²) in [5.74, 6) is -2.34. The van der Waals surface area contributed by atoms with E-state index in [2.05, 4.69) is 13.2 Å². The smallest absolute Gasteiger partial charge is 0.344 e. The van der Waals surface area contributed by atoms with Crippen molar-refractivity contribution in [1.29, 1.82) is 0 Å². The van der Waals surface area contributed by atoms with E-state index < -0.39 is 35.4 Å². The van der Waals surface area contributed by atoms with E-state index in [1.807, 2.05) is 0 Å². The van der Waals surface area contributed by atoms with E-state index in [4.69, 9.17) is 28.4 Å². The number of ether oxygens (including phenoxy) is 6. The number of hydrogen-bond donors (Lipinski definition) is 1. The Hall–Kier alpha value is -5.91. The maximum atomic E-state index is 12.9. The van der Waals surface area contributed by atoms with Crippen molar-refractivity contribution in [3.05, 3.63) is 109 Å². The summed E-state index contributed by atoms with van der Waals surface area (Å²) in [6.45, 7) is 8.50. The standard InChI is InChI=1S/C41H46O12/c1-3-37(42)50-27-13-9-5-7-11-25-48-31-16-20-33(21-17-31)52-40(46)30-15-24-35(36(29-30)39(44)45)41(47)53-34-22-18-32(19-23-34)49-26-12-8-6-10-14-28-51-38(43)4-2/h3-4,15-24,29H,1-2,5-14,25-28H2,(H,44,45). The van der Waals surface area contributed by atoms with Gasteiger partial charge in [0.05, 0.1) is 43.1 Å². The predicted molar refractivity (Wildman–Crippen MR) is 196 cm³/mol. The van der Waals surface area contributed by atoms with E-state index in [0.717, 1.165) is 82.4 Å². The van der Waals surface area contributed by atoms with Gasteiger partial charge in [-0.15, -0.1) is 0 Å². The molecule has 0 amide bonds. The molecule has 0 saturated heterocycles. The molecule has 3 aromatic carbocycles. The van der Waals surface area contributed by atoms with Gasteiger partial charge in [-0.3, -0.25) is 0 Å². The zero-order valence-corrected chi connectivity index (χ0v) is 29.8. The van der Waals surface area contributed by atoms with Crippen LogP contribution >= 0.6 is 0 Å². The van der Waals surface area contributed by atoms with Gasteiger partial charge in [-0.05, 0) is 92.4 Å². The Morgan fingerprint density at radius 2 is 0.887 bits per heavy atom. The summed E-state index contributed by atoms with van der Waals surface area (Å²) >= 11 is 0. The van der Waals surface area contributed by atoms with Gasteiger partial charge in [0, 0.05) is 12.2 Å². The SMILES string of the molecule is C=CC(=O)OCCCCCCCOc1ccc(OC(=O)c2ccc(C(=O)Oc3ccc(OCCCCCCCOC(=O)C=C)cc3)c(C(=O)O)c2)cc1. The highest BCUT2D eigenvalue weighted by atomic mass is 16.5. The number of hydrogen-bond acceptors (Lipinski definition) is 11. The summed E-state index contributed by atoms with van der Waals surface area (Å²) in [4.78, 5) is 59.8. The van der Waals surface area contributed by atoms with E-state index in [9.17, 15) is 29.1 Å². The number of unbranched alkanes of at least 4 members (excludes halogenated alkanes) is 8. The Kier molecular flexibility index (Phi) is 18.4. The van der Waals surface area contributed by atoms with Gasteiger partial charge in [-0.2, -0.15) is 0 Å². The van der Waals surface area contributed by atoms with Crippen LogP contribution in [0.1, 0.15) is 95.3 Å². The van der Waals surface area contributed by atoms with Crippen molar-refractivity contribution in [3.63, 3.8) is 0 Å².